The quantitative estimate of drug-likeness (QED) is 0.428. The first-order valence-corrected chi connectivity index (χ1v) is 11.2. The second kappa shape index (κ2) is 9.44. The molecule has 0 aliphatic carbocycles. The van der Waals surface area contributed by atoms with Crippen LogP contribution in [0, 0.1) is 5.82 Å². The third kappa shape index (κ3) is 4.78. The molecular formula is C25H22FNO4S. The second-order valence-electron chi connectivity index (χ2n) is 7.59. The van der Waals surface area contributed by atoms with Crippen LogP contribution in [0.3, 0.4) is 0 Å². The largest absolute Gasteiger partial charge is 0.491 e. The lowest BCUT2D eigenvalue weighted by Gasteiger charge is -2.15. The van der Waals surface area contributed by atoms with Crippen molar-refractivity contribution in [1.29, 1.82) is 0 Å². The maximum Gasteiger partial charge on any atom is 0.268 e. The highest BCUT2D eigenvalue weighted by atomic mass is 32.2. The van der Waals surface area contributed by atoms with Gasteiger partial charge in [-0.1, -0.05) is 24.3 Å². The number of ether oxygens (including phenoxy) is 1. The van der Waals surface area contributed by atoms with Crippen LogP contribution in [0.15, 0.2) is 76.2 Å². The maximum atomic E-state index is 13.3. The van der Waals surface area contributed by atoms with E-state index in [1.54, 1.807) is 48.7 Å². The fourth-order valence-electron chi connectivity index (χ4n) is 3.37. The fourth-order valence-corrected chi connectivity index (χ4v) is 4.40. The summed E-state index contributed by atoms with van der Waals surface area (Å²) >= 11 is 1.27. The van der Waals surface area contributed by atoms with Gasteiger partial charge in [0.25, 0.3) is 11.8 Å². The standard InChI is InChI=1S/C25H22FNO4S/c1-16(2)31-20-11-7-18(8-12-20)22-23(32-15-21-4-3-13-30-21)25(29)27(24(22)28)14-17-5-9-19(26)10-6-17/h3-13,16H,14-15H2,1-2H3. The summed E-state index contributed by atoms with van der Waals surface area (Å²) in [6.45, 7) is 3.94. The first-order valence-electron chi connectivity index (χ1n) is 10.2. The van der Waals surface area contributed by atoms with Crippen molar-refractivity contribution in [2.24, 2.45) is 0 Å². The molecule has 0 unspecified atom stereocenters. The van der Waals surface area contributed by atoms with Gasteiger partial charge in [0.15, 0.2) is 0 Å². The molecule has 1 aromatic heterocycles. The van der Waals surface area contributed by atoms with Crippen LogP contribution in [0.5, 0.6) is 5.75 Å². The third-order valence-corrected chi connectivity index (χ3v) is 5.93. The van der Waals surface area contributed by atoms with Crippen LogP contribution in [0.1, 0.15) is 30.7 Å². The molecule has 0 bridgehead atoms. The summed E-state index contributed by atoms with van der Waals surface area (Å²) in [5, 5.41) is 0. The SMILES string of the molecule is CC(C)Oc1ccc(C2=C(SCc3ccco3)C(=O)N(Cc3ccc(F)cc3)C2=O)cc1. The van der Waals surface area contributed by atoms with Gasteiger partial charge in [-0.3, -0.25) is 14.5 Å². The molecule has 0 saturated heterocycles. The van der Waals surface area contributed by atoms with E-state index in [1.807, 2.05) is 19.9 Å². The molecule has 5 nitrogen and oxygen atoms in total. The van der Waals surface area contributed by atoms with E-state index in [9.17, 15) is 14.0 Å². The highest BCUT2D eigenvalue weighted by Crippen LogP contribution is 2.38. The number of amides is 2. The highest BCUT2D eigenvalue weighted by molar-refractivity contribution is 8.03. The fraction of sp³-hybridized carbons (Fsp3) is 0.200. The first-order chi connectivity index (χ1) is 15.4. The molecule has 0 N–H and O–H groups in total. The van der Waals surface area contributed by atoms with Gasteiger partial charge in [0.1, 0.15) is 17.3 Å². The normalized spacial score (nSPS) is 14.1. The Kier molecular flexibility index (Phi) is 6.46. The molecule has 1 aliphatic rings. The van der Waals surface area contributed by atoms with E-state index in [0.29, 0.717) is 38.9 Å². The number of rotatable bonds is 8. The van der Waals surface area contributed by atoms with Crippen LogP contribution in [-0.2, 0) is 21.9 Å². The minimum atomic E-state index is -0.376. The van der Waals surface area contributed by atoms with Crippen LogP contribution < -0.4 is 4.74 Å². The van der Waals surface area contributed by atoms with Crippen molar-refractivity contribution < 1.29 is 23.1 Å². The topological polar surface area (TPSA) is 59.8 Å². The van der Waals surface area contributed by atoms with Crippen LogP contribution >= 0.6 is 11.8 Å². The summed E-state index contributed by atoms with van der Waals surface area (Å²) in [6, 6.07) is 16.5. The Labute approximate surface area is 189 Å². The molecule has 0 atom stereocenters. The van der Waals surface area contributed by atoms with E-state index in [2.05, 4.69) is 0 Å². The summed E-state index contributed by atoms with van der Waals surface area (Å²) in [7, 11) is 0. The molecule has 2 amide bonds. The Morgan fingerprint density at radius 1 is 1.00 bits per heavy atom. The molecule has 1 aliphatic heterocycles. The number of imide groups is 1. The van der Waals surface area contributed by atoms with Gasteiger partial charge in [0, 0.05) is 0 Å². The number of hydrogen-bond acceptors (Lipinski definition) is 5. The van der Waals surface area contributed by atoms with Crippen LogP contribution in [0.2, 0.25) is 0 Å². The second-order valence-corrected chi connectivity index (χ2v) is 8.57. The summed E-state index contributed by atoms with van der Waals surface area (Å²) in [4.78, 5) is 28.1. The van der Waals surface area contributed by atoms with Crippen molar-refractivity contribution in [2.75, 3.05) is 0 Å². The number of furan rings is 1. The average Bonchev–Trinajstić information content (AvgIpc) is 3.36. The molecule has 4 rings (SSSR count). The first kappa shape index (κ1) is 21.9. The number of hydrogen-bond donors (Lipinski definition) is 0. The molecule has 0 spiro atoms. The molecule has 2 aromatic carbocycles. The highest BCUT2D eigenvalue weighted by Gasteiger charge is 2.39. The smallest absolute Gasteiger partial charge is 0.268 e. The molecule has 0 fully saturated rings. The number of carbonyl (C=O) groups is 2. The number of halogens is 1. The van der Waals surface area contributed by atoms with Gasteiger partial charge in [-0.2, -0.15) is 0 Å². The molecule has 0 saturated carbocycles. The molecular weight excluding hydrogens is 429 g/mol. The molecule has 0 radical (unpaired) electrons. The Hall–Kier alpha value is -3.32. The lowest BCUT2D eigenvalue weighted by atomic mass is 10.1. The summed E-state index contributed by atoms with van der Waals surface area (Å²) < 4.78 is 24.3. The summed E-state index contributed by atoms with van der Waals surface area (Å²) in [5.41, 5.74) is 1.66. The molecule has 3 aromatic rings. The van der Waals surface area contributed by atoms with Gasteiger partial charge in [-0.25, -0.2) is 4.39 Å². The predicted octanol–water partition coefficient (Wildman–Crippen LogP) is 5.42. The average molecular weight is 452 g/mol. The van der Waals surface area contributed by atoms with E-state index in [0.717, 1.165) is 0 Å². The van der Waals surface area contributed by atoms with Gasteiger partial charge in [-0.15, -0.1) is 11.8 Å². The number of nitrogens with zero attached hydrogens (tertiary/aromatic N) is 1. The summed E-state index contributed by atoms with van der Waals surface area (Å²) in [5.74, 6) is 0.704. The van der Waals surface area contributed by atoms with Crippen molar-refractivity contribution in [3.05, 3.63) is 94.5 Å². The Morgan fingerprint density at radius 3 is 2.34 bits per heavy atom. The van der Waals surface area contributed by atoms with Gasteiger partial charge in [-0.05, 0) is 61.4 Å². The Morgan fingerprint density at radius 2 is 1.72 bits per heavy atom. The Bertz CT molecular complexity index is 1140. The number of benzene rings is 2. The van der Waals surface area contributed by atoms with Crippen molar-refractivity contribution in [2.45, 2.75) is 32.2 Å². The molecule has 32 heavy (non-hydrogen) atoms. The molecule has 164 valence electrons. The lowest BCUT2D eigenvalue weighted by molar-refractivity contribution is -0.137. The van der Waals surface area contributed by atoms with E-state index in [1.165, 1.54) is 28.8 Å². The van der Waals surface area contributed by atoms with Gasteiger partial charge < -0.3 is 9.15 Å². The zero-order chi connectivity index (χ0) is 22.7. The van der Waals surface area contributed by atoms with Crippen LogP contribution in [0.4, 0.5) is 4.39 Å². The van der Waals surface area contributed by atoms with Gasteiger partial charge >= 0.3 is 0 Å². The van der Waals surface area contributed by atoms with Crippen molar-refractivity contribution in [3.63, 3.8) is 0 Å². The lowest BCUT2D eigenvalue weighted by Crippen LogP contribution is -2.30. The van der Waals surface area contributed by atoms with Gasteiger partial charge in [0.2, 0.25) is 0 Å². The molecule has 7 heteroatoms. The third-order valence-electron chi connectivity index (χ3n) is 4.83. The zero-order valence-electron chi connectivity index (χ0n) is 17.7. The zero-order valence-corrected chi connectivity index (χ0v) is 18.5. The van der Waals surface area contributed by atoms with Crippen LogP contribution in [-0.4, -0.2) is 22.8 Å². The van der Waals surface area contributed by atoms with Crippen molar-refractivity contribution in [1.82, 2.24) is 4.90 Å². The minimum Gasteiger partial charge on any atom is -0.491 e. The van der Waals surface area contributed by atoms with E-state index in [4.69, 9.17) is 9.15 Å². The van der Waals surface area contributed by atoms with Gasteiger partial charge in [0.05, 0.1) is 35.1 Å². The van der Waals surface area contributed by atoms with E-state index < -0.39 is 0 Å². The molecule has 2 heterocycles. The summed E-state index contributed by atoms with van der Waals surface area (Å²) in [6.07, 6.45) is 1.60. The van der Waals surface area contributed by atoms with Crippen molar-refractivity contribution in [3.8, 4) is 5.75 Å². The Balaban J connectivity index is 1.64. The monoisotopic (exact) mass is 451 g/mol. The van der Waals surface area contributed by atoms with Crippen molar-refractivity contribution >= 4 is 29.1 Å². The maximum absolute atomic E-state index is 13.3. The van der Waals surface area contributed by atoms with Crippen LogP contribution in [0.25, 0.3) is 5.57 Å². The number of thioether (sulfide) groups is 1. The van der Waals surface area contributed by atoms with E-state index >= 15 is 0 Å². The van der Waals surface area contributed by atoms with E-state index in [-0.39, 0.29) is 30.3 Å². The predicted molar refractivity (Wildman–Crippen MR) is 121 cm³/mol. The number of carbonyl (C=O) groups excluding carboxylic acids is 2. The minimum absolute atomic E-state index is 0.0281.